The molecule has 0 heterocycles. The maximum Gasteiger partial charge on any atom is 0.132 e. The Morgan fingerprint density at radius 3 is 2.65 bits per heavy atom. The van der Waals surface area contributed by atoms with Crippen molar-refractivity contribution >= 4 is 0 Å². The van der Waals surface area contributed by atoms with E-state index in [4.69, 9.17) is 4.74 Å². The first kappa shape index (κ1) is 14.5. The molecule has 0 fully saturated rings. The molecule has 0 bridgehead atoms. The highest BCUT2D eigenvalue weighted by atomic mass is 19.1. The summed E-state index contributed by atoms with van der Waals surface area (Å²) >= 11 is 0. The molecule has 0 amide bonds. The molecule has 0 saturated heterocycles. The lowest BCUT2D eigenvalue weighted by atomic mass is 10.1. The topological polar surface area (TPSA) is 21.3 Å². The van der Waals surface area contributed by atoms with Crippen LogP contribution in [0.5, 0.6) is 11.5 Å². The minimum absolute atomic E-state index is 0.187. The van der Waals surface area contributed by atoms with Crippen LogP contribution >= 0.6 is 0 Å². The van der Waals surface area contributed by atoms with Gasteiger partial charge in [0.1, 0.15) is 17.3 Å². The molecule has 2 aromatic rings. The smallest absolute Gasteiger partial charge is 0.132 e. The van der Waals surface area contributed by atoms with Crippen LogP contribution in [0.15, 0.2) is 42.5 Å². The first-order valence-corrected chi connectivity index (χ1v) is 6.88. The van der Waals surface area contributed by atoms with Crippen LogP contribution in [0.3, 0.4) is 0 Å². The number of halogens is 1. The van der Waals surface area contributed by atoms with Crippen LogP contribution in [0.4, 0.5) is 4.39 Å². The van der Waals surface area contributed by atoms with Crippen LogP contribution < -0.4 is 10.1 Å². The van der Waals surface area contributed by atoms with Crippen molar-refractivity contribution in [1.29, 1.82) is 0 Å². The average molecular weight is 273 g/mol. The molecule has 20 heavy (non-hydrogen) atoms. The van der Waals surface area contributed by atoms with E-state index in [1.165, 1.54) is 6.07 Å². The number of benzene rings is 2. The lowest BCUT2D eigenvalue weighted by Crippen LogP contribution is -2.18. The molecule has 106 valence electrons. The van der Waals surface area contributed by atoms with Gasteiger partial charge in [0.25, 0.3) is 0 Å². The normalized spacial score (nSPS) is 12.2. The van der Waals surface area contributed by atoms with Gasteiger partial charge in [0.2, 0.25) is 0 Å². The van der Waals surface area contributed by atoms with E-state index < -0.39 is 0 Å². The molecule has 1 atom stereocenters. The van der Waals surface area contributed by atoms with E-state index in [1.54, 1.807) is 19.1 Å². The van der Waals surface area contributed by atoms with Gasteiger partial charge in [0.15, 0.2) is 0 Å². The second-order valence-corrected chi connectivity index (χ2v) is 4.83. The monoisotopic (exact) mass is 273 g/mol. The van der Waals surface area contributed by atoms with Crippen molar-refractivity contribution in [3.8, 4) is 11.5 Å². The zero-order chi connectivity index (χ0) is 14.5. The Morgan fingerprint density at radius 2 is 1.95 bits per heavy atom. The maximum absolute atomic E-state index is 13.6. The van der Waals surface area contributed by atoms with Crippen LogP contribution in [0, 0.1) is 12.7 Å². The molecular weight excluding hydrogens is 253 g/mol. The van der Waals surface area contributed by atoms with Crippen molar-refractivity contribution < 1.29 is 9.13 Å². The molecule has 3 heteroatoms. The highest BCUT2D eigenvalue weighted by Gasteiger charge is 2.11. The molecule has 1 N–H and O–H groups in total. The average Bonchev–Trinajstić information content (AvgIpc) is 2.44. The van der Waals surface area contributed by atoms with E-state index in [0.717, 1.165) is 17.9 Å². The molecule has 2 aromatic carbocycles. The van der Waals surface area contributed by atoms with Crippen LogP contribution in [0.2, 0.25) is 0 Å². The fourth-order valence-electron chi connectivity index (χ4n) is 2.11. The van der Waals surface area contributed by atoms with Gasteiger partial charge in [0, 0.05) is 17.7 Å². The number of rotatable bonds is 5. The van der Waals surface area contributed by atoms with E-state index in [9.17, 15) is 4.39 Å². The summed E-state index contributed by atoms with van der Waals surface area (Å²) in [4.78, 5) is 0. The van der Waals surface area contributed by atoms with Crippen molar-refractivity contribution in [2.45, 2.75) is 26.8 Å². The highest BCUT2D eigenvalue weighted by Crippen LogP contribution is 2.30. The summed E-state index contributed by atoms with van der Waals surface area (Å²) in [6, 6.07) is 12.9. The summed E-state index contributed by atoms with van der Waals surface area (Å²) in [6.45, 7) is 6.77. The summed E-state index contributed by atoms with van der Waals surface area (Å²) < 4.78 is 19.4. The van der Waals surface area contributed by atoms with Crippen LogP contribution in [-0.2, 0) is 0 Å². The van der Waals surface area contributed by atoms with Crippen molar-refractivity contribution in [1.82, 2.24) is 5.32 Å². The fraction of sp³-hybridized carbons (Fsp3) is 0.294. The Balaban J connectivity index is 2.26. The summed E-state index contributed by atoms with van der Waals surface area (Å²) in [5.74, 6) is 1.02. The zero-order valence-corrected chi connectivity index (χ0v) is 12.1. The third-order valence-electron chi connectivity index (χ3n) is 3.27. The summed E-state index contributed by atoms with van der Waals surface area (Å²) in [6.07, 6.45) is 0. The van der Waals surface area contributed by atoms with Crippen molar-refractivity contribution in [3.63, 3.8) is 0 Å². The van der Waals surface area contributed by atoms with Gasteiger partial charge in [-0.1, -0.05) is 31.2 Å². The molecule has 0 aromatic heterocycles. The Morgan fingerprint density at radius 1 is 1.20 bits per heavy atom. The molecule has 2 nitrogen and oxygen atoms in total. The summed E-state index contributed by atoms with van der Waals surface area (Å²) in [5, 5.41) is 3.35. The lowest BCUT2D eigenvalue weighted by Gasteiger charge is -2.17. The van der Waals surface area contributed by atoms with Crippen molar-refractivity contribution in [2.75, 3.05) is 6.54 Å². The quantitative estimate of drug-likeness (QED) is 0.859. The maximum atomic E-state index is 13.6. The molecule has 0 aliphatic carbocycles. The number of hydrogen-bond acceptors (Lipinski definition) is 2. The second-order valence-electron chi connectivity index (χ2n) is 4.83. The Kier molecular flexibility index (Phi) is 4.74. The molecule has 0 aliphatic rings. The Labute approximate surface area is 119 Å². The third-order valence-corrected chi connectivity index (χ3v) is 3.27. The van der Waals surface area contributed by atoms with Crippen LogP contribution in [-0.4, -0.2) is 6.54 Å². The molecule has 0 spiro atoms. The van der Waals surface area contributed by atoms with Gasteiger partial charge in [-0.3, -0.25) is 0 Å². The van der Waals surface area contributed by atoms with Crippen molar-refractivity contribution in [3.05, 3.63) is 59.4 Å². The molecule has 1 unspecified atom stereocenters. The first-order chi connectivity index (χ1) is 9.61. The van der Waals surface area contributed by atoms with Gasteiger partial charge in [-0.05, 0) is 38.1 Å². The van der Waals surface area contributed by atoms with E-state index >= 15 is 0 Å². The molecule has 0 aliphatic heterocycles. The van der Waals surface area contributed by atoms with Gasteiger partial charge in [0.05, 0.1) is 0 Å². The molecule has 0 saturated carbocycles. The number of aryl methyl sites for hydroxylation is 1. The van der Waals surface area contributed by atoms with Gasteiger partial charge >= 0.3 is 0 Å². The second kappa shape index (κ2) is 6.53. The van der Waals surface area contributed by atoms with E-state index in [1.807, 2.05) is 24.3 Å². The van der Waals surface area contributed by atoms with E-state index in [2.05, 4.69) is 19.2 Å². The number of para-hydroxylation sites is 1. The summed E-state index contributed by atoms with van der Waals surface area (Å²) in [7, 11) is 0. The molecular formula is C17H20FNO. The predicted octanol–water partition coefficient (Wildman–Crippen LogP) is 4.60. The highest BCUT2D eigenvalue weighted by molar-refractivity contribution is 5.40. The standard InChI is InChI=1S/C17H20FNO/c1-4-19-13(3)15-7-5-6-8-17(15)20-14-10-9-12(2)16(18)11-14/h5-11,13,19H,4H2,1-3H3. The lowest BCUT2D eigenvalue weighted by molar-refractivity contribution is 0.458. The fourth-order valence-corrected chi connectivity index (χ4v) is 2.11. The van der Waals surface area contributed by atoms with E-state index in [-0.39, 0.29) is 11.9 Å². The number of ether oxygens (including phenoxy) is 1. The van der Waals surface area contributed by atoms with Crippen molar-refractivity contribution in [2.24, 2.45) is 0 Å². The summed E-state index contributed by atoms with van der Waals surface area (Å²) in [5.41, 5.74) is 1.68. The van der Waals surface area contributed by atoms with Crippen LogP contribution in [0.1, 0.15) is 31.0 Å². The SMILES string of the molecule is CCNC(C)c1ccccc1Oc1ccc(C)c(F)c1. The Hall–Kier alpha value is -1.87. The predicted molar refractivity (Wildman–Crippen MR) is 79.7 cm³/mol. The molecule has 2 rings (SSSR count). The first-order valence-electron chi connectivity index (χ1n) is 6.88. The molecule has 0 radical (unpaired) electrons. The minimum Gasteiger partial charge on any atom is -0.457 e. The van der Waals surface area contributed by atoms with Gasteiger partial charge in [-0.2, -0.15) is 0 Å². The number of hydrogen-bond donors (Lipinski definition) is 1. The van der Waals surface area contributed by atoms with Crippen LogP contribution in [0.25, 0.3) is 0 Å². The largest absolute Gasteiger partial charge is 0.457 e. The van der Waals surface area contributed by atoms with E-state index in [0.29, 0.717) is 11.3 Å². The number of nitrogens with one attached hydrogen (secondary N) is 1. The van der Waals surface area contributed by atoms with Gasteiger partial charge in [-0.25, -0.2) is 4.39 Å². The Bertz CT molecular complexity index is 583. The van der Waals surface area contributed by atoms with Gasteiger partial charge < -0.3 is 10.1 Å². The third kappa shape index (κ3) is 3.36. The minimum atomic E-state index is -0.250. The zero-order valence-electron chi connectivity index (χ0n) is 12.1. The van der Waals surface area contributed by atoms with Gasteiger partial charge in [-0.15, -0.1) is 0 Å².